The zero-order valence-electron chi connectivity index (χ0n) is 19.0. The Hall–Kier alpha value is -3.58. The van der Waals surface area contributed by atoms with E-state index in [1.165, 1.54) is 4.90 Å². The molecule has 1 unspecified atom stereocenters. The summed E-state index contributed by atoms with van der Waals surface area (Å²) in [5, 5.41) is 12.2. The summed E-state index contributed by atoms with van der Waals surface area (Å²) in [5.74, 6) is -0.665. The fraction of sp³-hybridized carbons (Fsp3) is 0.308. The van der Waals surface area contributed by atoms with Crippen LogP contribution in [0.25, 0.3) is 16.7 Å². The number of ketones is 1. The molecule has 33 heavy (non-hydrogen) atoms. The van der Waals surface area contributed by atoms with Crippen LogP contribution in [-0.2, 0) is 14.3 Å². The first-order valence-electron chi connectivity index (χ1n) is 11.0. The van der Waals surface area contributed by atoms with Gasteiger partial charge >= 0.3 is 0 Å². The minimum absolute atomic E-state index is 0.0573. The van der Waals surface area contributed by atoms with Gasteiger partial charge in [-0.2, -0.15) is 0 Å². The number of ether oxygens (including phenoxy) is 2. The molecule has 7 nitrogen and oxygen atoms in total. The Labute approximate surface area is 192 Å². The summed E-state index contributed by atoms with van der Waals surface area (Å²) in [5.41, 5.74) is 2.11. The van der Waals surface area contributed by atoms with Gasteiger partial charge in [-0.15, -0.1) is 0 Å². The van der Waals surface area contributed by atoms with Crippen molar-refractivity contribution >= 4 is 28.4 Å². The van der Waals surface area contributed by atoms with Crippen LogP contribution >= 0.6 is 0 Å². The maximum atomic E-state index is 13.1. The molecule has 1 aliphatic rings. The molecular weight excluding hydrogens is 420 g/mol. The molecule has 3 aromatic rings. The zero-order chi connectivity index (χ0) is 23.5. The molecule has 1 fully saturated rings. The molecule has 2 N–H and O–H groups in total. The lowest BCUT2D eigenvalue weighted by molar-refractivity contribution is -0.140. The zero-order valence-corrected chi connectivity index (χ0v) is 19.0. The molecular formula is C26H28N2O5. The average Bonchev–Trinajstić information content (AvgIpc) is 3.35. The number of rotatable bonds is 8. The predicted molar refractivity (Wildman–Crippen MR) is 126 cm³/mol. The van der Waals surface area contributed by atoms with Gasteiger partial charge in [0, 0.05) is 41.9 Å². The van der Waals surface area contributed by atoms with Crippen molar-refractivity contribution in [2.75, 3.05) is 26.9 Å². The van der Waals surface area contributed by atoms with Crippen molar-refractivity contribution in [3.8, 4) is 5.75 Å². The molecule has 1 aliphatic heterocycles. The highest BCUT2D eigenvalue weighted by Crippen LogP contribution is 2.42. The number of nitrogens with zero attached hydrogens (tertiary/aromatic N) is 1. The number of nitrogens with one attached hydrogen (secondary N) is 1. The van der Waals surface area contributed by atoms with Gasteiger partial charge in [-0.1, -0.05) is 44.2 Å². The van der Waals surface area contributed by atoms with Crippen LogP contribution in [0.15, 0.2) is 60.3 Å². The number of aliphatic hydroxyl groups excluding tert-OH is 1. The normalized spacial score (nSPS) is 17.9. The number of H-pyrrole nitrogens is 1. The van der Waals surface area contributed by atoms with Crippen molar-refractivity contribution in [2.45, 2.75) is 19.9 Å². The molecule has 7 heteroatoms. The number of hydrogen-bond acceptors (Lipinski definition) is 5. The molecule has 2 aromatic carbocycles. The van der Waals surface area contributed by atoms with Crippen molar-refractivity contribution in [1.82, 2.24) is 9.88 Å². The first-order valence-corrected chi connectivity index (χ1v) is 11.0. The van der Waals surface area contributed by atoms with Crippen LogP contribution in [0.1, 0.15) is 31.0 Å². The first kappa shape index (κ1) is 22.6. The number of hydrogen-bond donors (Lipinski definition) is 2. The molecule has 0 saturated carbocycles. The SMILES string of the molecule is COCCN1C(=O)C(=O)/C(=C(/O)c2cccc(OCC(C)C)c2)C1c1c[nH]c2ccccc12. The summed E-state index contributed by atoms with van der Waals surface area (Å²) in [4.78, 5) is 30.8. The number of Topliss-reactive ketones (excluding diaryl/α,β-unsaturated/α-hetero) is 1. The Bertz CT molecular complexity index is 1210. The Morgan fingerprint density at radius 1 is 1.15 bits per heavy atom. The van der Waals surface area contributed by atoms with Crippen LogP contribution in [-0.4, -0.2) is 53.5 Å². The van der Waals surface area contributed by atoms with Crippen molar-refractivity contribution < 1.29 is 24.2 Å². The Kier molecular flexibility index (Phi) is 6.51. The third-order valence-corrected chi connectivity index (χ3v) is 5.68. The molecule has 1 amide bonds. The highest BCUT2D eigenvalue weighted by molar-refractivity contribution is 6.46. The van der Waals surface area contributed by atoms with Crippen molar-refractivity contribution in [3.05, 3.63) is 71.4 Å². The standard InChI is InChI=1S/C26H28N2O5/c1-16(2)15-33-18-8-6-7-17(13-18)24(29)22-23(28(11-12-32-3)26(31)25(22)30)20-14-27-21-10-5-4-9-19(20)21/h4-10,13-14,16,23,27,29H,11-12,15H2,1-3H3/b24-22+. The molecule has 0 radical (unpaired) electrons. The molecule has 1 atom stereocenters. The largest absolute Gasteiger partial charge is 0.507 e. The highest BCUT2D eigenvalue weighted by Gasteiger charge is 2.46. The number of carbonyl (C=O) groups is 2. The average molecular weight is 449 g/mol. The Morgan fingerprint density at radius 3 is 2.70 bits per heavy atom. The number of para-hydroxylation sites is 1. The molecule has 172 valence electrons. The molecule has 4 rings (SSSR count). The molecule has 0 aliphatic carbocycles. The second kappa shape index (κ2) is 9.50. The number of aromatic nitrogens is 1. The van der Waals surface area contributed by atoms with Gasteiger partial charge in [-0.3, -0.25) is 9.59 Å². The lowest BCUT2D eigenvalue weighted by atomic mass is 9.95. The van der Waals surface area contributed by atoms with Crippen LogP contribution in [0.4, 0.5) is 0 Å². The van der Waals surface area contributed by atoms with E-state index in [9.17, 15) is 14.7 Å². The number of methoxy groups -OCH3 is 1. The van der Waals surface area contributed by atoms with E-state index in [0.717, 1.165) is 16.5 Å². The molecule has 0 spiro atoms. The number of likely N-dealkylation sites (tertiary alicyclic amines) is 1. The second-order valence-corrected chi connectivity index (χ2v) is 8.51. The smallest absolute Gasteiger partial charge is 0.295 e. The molecule has 1 saturated heterocycles. The van der Waals surface area contributed by atoms with Crippen LogP contribution in [0, 0.1) is 5.92 Å². The van der Waals surface area contributed by atoms with E-state index in [0.29, 0.717) is 23.8 Å². The van der Waals surface area contributed by atoms with Gasteiger partial charge in [0.05, 0.1) is 24.8 Å². The summed E-state index contributed by atoms with van der Waals surface area (Å²) in [7, 11) is 1.54. The molecule has 0 bridgehead atoms. The number of aliphatic hydroxyl groups is 1. The van der Waals surface area contributed by atoms with Gasteiger partial charge in [0.1, 0.15) is 11.5 Å². The van der Waals surface area contributed by atoms with E-state index >= 15 is 0 Å². The Balaban J connectivity index is 1.83. The van der Waals surface area contributed by atoms with E-state index in [1.54, 1.807) is 37.6 Å². The van der Waals surface area contributed by atoms with Crippen molar-refractivity contribution in [3.63, 3.8) is 0 Å². The van der Waals surface area contributed by atoms with E-state index in [-0.39, 0.29) is 24.5 Å². The van der Waals surface area contributed by atoms with E-state index in [2.05, 4.69) is 4.98 Å². The maximum absolute atomic E-state index is 13.1. The fourth-order valence-corrected chi connectivity index (χ4v) is 4.10. The van der Waals surface area contributed by atoms with Crippen LogP contribution < -0.4 is 4.74 Å². The third-order valence-electron chi connectivity index (χ3n) is 5.68. The second-order valence-electron chi connectivity index (χ2n) is 8.51. The summed E-state index contributed by atoms with van der Waals surface area (Å²) in [6.45, 7) is 5.12. The lowest BCUT2D eigenvalue weighted by Gasteiger charge is -2.24. The lowest BCUT2D eigenvalue weighted by Crippen LogP contribution is -2.32. The monoisotopic (exact) mass is 448 g/mol. The summed E-state index contributed by atoms with van der Waals surface area (Å²) < 4.78 is 11.0. The predicted octanol–water partition coefficient (Wildman–Crippen LogP) is 4.27. The van der Waals surface area contributed by atoms with Gasteiger partial charge in [0.25, 0.3) is 11.7 Å². The van der Waals surface area contributed by atoms with Gasteiger partial charge in [0.15, 0.2) is 0 Å². The van der Waals surface area contributed by atoms with E-state index in [1.807, 2.05) is 38.1 Å². The minimum atomic E-state index is -0.739. The number of carbonyl (C=O) groups excluding carboxylic acids is 2. The Morgan fingerprint density at radius 2 is 1.94 bits per heavy atom. The van der Waals surface area contributed by atoms with E-state index in [4.69, 9.17) is 9.47 Å². The van der Waals surface area contributed by atoms with Crippen LogP contribution in [0.2, 0.25) is 0 Å². The number of fused-ring (bicyclic) bond motifs is 1. The summed E-state index contributed by atoms with van der Waals surface area (Å²) in [6.07, 6.45) is 1.79. The maximum Gasteiger partial charge on any atom is 0.295 e. The number of amides is 1. The quantitative estimate of drug-likeness (QED) is 0.305. The molecule has 2 heterocycles. The topological polar surface area (TPSA) is 91.9 Å². The number of aromatic amines is 1. The van der Waals surface area contributed by atoms with Crippen molar-refractivity contribution in [1.29, 1.82) is 0 Å². The molecule has 1 aromatic heterocycles. The summed E-state index contributed by atoms with van der Waals surface area (Å²) >= 11 is 0. The minimum Gasteiger partial charge on any atom is -0.507 e. The van der Waals surface area contributed by atoms with Gasteiger partial charge in [-0.25, -0.2) is 0 Å². The fourth-order valence-electron chi connectivity index (χ4n) is 4.10. The van der Waals surface area contributed by atoms with Gasteiger partial charge < -0.3 is 24.5 Å². The summed E-state index contributed by atoms with van der Waals surface area (Å²) in [6, 6.07) is 13.9. The van der Waals surface area contributed by atoms with Gasteiger partial charge in [0.2, 0.25) is 0 Å². The van der Waals surface area contributed by atoms with Gasteiger partial charge in [-0.05, 0) is 24.1 Å². The van der Waals surface area contributed by atoms with E-state index < -0.39 is 17.7 Å². The third kappa shape index (κ3) is 4.36. The number of benzene rings is 2. The highest BCUT2D eigenvalue weighted by atomic mass is 16.5. The van der Waals surface area contributed by atoms with Crippen LogP contribution in [0.3, 0.4) is 0 Å². The van der Waals surface area contributed by atoms with Crippen molar-refractivity contribution in [2.24, 2.45) is 5.92 Å². The van der Waals surface area contributed by atoms with Crippen LogP contribution in [0.5, 0.6) is 5.75 Å². The first-order chi connectivity index (χ1) is 15.9.